The second-order valence-electron chi connectivity index (χ2n) is 16.3. The molecule has 0 aliphatic rings. The van der Waals surface area contributed by atoms with Crippen LogP contribution in [-0.2, 0) is 0 Å². The van der Waals surface area contributed by atoms with Crippen molar-refractivity contribution >= 4 is 75.0 Å². The van der Waals surface area contributed by atoms with Crippen molar-refractivity contribution in [3.8, 4) is 67.5 Å². The average Bonchev–Trinajstić information content (AvgIpc) is 3.93. The molecule has 0 radical (unpaired) electrons. The summed E-state index contributed by atoms with van der Waals surface area (Å²) in [5, 5.41) is 9.15. The quantitative estimate of drug-likeness (QED) is 0.167. The number of furan rings is 1. The smallest absolute Gasteiger partial charge is 0.165 e. The molecule has 0 unspecified atom stereocenters. The molecule has 13 rings (SSSR count). The molecule has 0 amide bonds. The summed E-state index contributed by atoms with van der Waals surface area (Å²) in [6.45, 7) is 0. The van der Waals surface area contributed by atoms with Gasteiger partial charge in [-0.1, -0.05) is 182 Å². The monoisotopic (exact) mass is 833 g/mol. The van der Waals surface area contributed by atoms with E-state index in [0.717, 1.165) is 71.7 Å². The highest BCUT2D eigenvalue weighted by Gasteiger charge is 2.22. The molecule has 10 aromatic carbocycles. The zero-order valence-electron chi connectivity index (χ0n) is 34.4. The van der Waals surface area contributed by atoms with E-state index in [0.29, 0.717) is 17.5 Å². The lowest BCUT2D eigenvalue weighted by Gasteiger charge is -2.12. The number of aromatic nitrogens is 3. The van der Waals surface area contributed by atoms with Crippen LogP contribution in [-0.4, -0.2) is 15.0 Å². The Morgan fingerprint density at radius 3 is 1.70 bits per heavy atom. The van der Waals surface area contributed by atoms with Crippen LogP contribution in [0.15, 0.2) is 217 Å². The van der Waals surface area contributed by atoms with Crippen molar-refractivity contribution < 1.29 is 4.42 Å². The minimum atomic E-state index is 0.595. The third kappa shape index (κ3) is 6.09. The highest BCUT2D eigenvalue weighted by molar-refractivity contribution is 7.26. The first kappa shape index (κ1) is 36.4. The summed E-state index contributed by atoms with van der Waals surface area (Å²) >= 11 is 1.86. The Morgan fingerprint density at radius 2 is 0.906 bits per heavy atom. The van der Waals surface area contributed by atoms with Gasteiger partial charge in [0.1, 0.15) is 11.2 Å². The number of thiophene rings is 1. The molecular weight excluding hydrogens is 799 g/mol. The molecule has 0 saturated heterocycles. The second-order valence-corrected chi connectivity index (χ2v) is 17.4. The average molecular weight is 834 g/mol. The summed E-state index contributed by atoms with van der Waals surface area (Å²) in [4.78, 5) is 15.7. The van der Waals surface area contributed by atoms with Gasteiger partial charge in [-0.25, -0.2) is 15.0 Å². The van der Waals surface area contributed by atoms with Crippen LogP contribution in [0.5, 0.6) is 0 Å². The molecule has 298 valence electrons. The maximum Gasteiger partial charge on any atom is 0.165 e. The van der Waals surface area contributed by atoms with E-state index >= 15 is 0 Å². The van der Waals surface area contributed by atoms with Gasteiger partial charge in [0.15, 0.2) is 17.5 Å². The molecule has 0 spiro atoms. The standard InChI is InChI=1S/C59H35N3OS/c1-2-12-40(13-3-1)57-60-58(41-28-23-38(24-29-41)37-21-26-39(27-22-37)47-18-10-19-49-48-17-8-9-20-53(48)64-56(47)49)62-59(61-57)55-46-16-7-6-15-45(46)35-52-54(55)50-34-44(31-32-51(50)63-52)43-30-25-36-11-4-5-14-42(36)33-43/h1-35H. The number of rotatable bonds is 6. The molecule has 0 aliphatic carbocycles. The largest absolute Gasteiger partial charge is 0.456 e. The molecule has 13 aromatic rings. The molecule has 3 heterocycles. The van der Waals surface area contributed by atoms with E-state index in [1.165, 1.54) is 42.1 Å². The van der Waals surface area contributed by atoms with Crippen LogP contribution in [0.4, 0.5) is 0 Å². The lowest BCUT2D eigenvalue weighted by Crippen LogP contribution is -2.01. The van der Waals surface area contributed by atoms with Crippen LogP contribution in [0.1, 0.15) is 0 Å². The number of hydrogen-bond acceptors (Lipinski definition) is 5. The highest BCUT2D eigenvalue weighted by Crippen LogP contribution is 2.44. The molecule has 0 fully saturated rings. The van der Waals surface area contributed by atoms with E-state index in [-0.39, 0.29) is 0 Å². The van der Waals surface area contributed by atoms with Crippen molar-refractivity contribution in [3.05, 3.63) is 212 Å². The molecular formula is C59H35N3OS. The third-order valence-corrected chi connectivity index (χ3v) is 13.8. The van der Waals surface area contributed by atoms with Crippen molar-refractivity contribution in [2.24, 2.45) is 0 Å². The van der Waals surface area contributed by atoms with Crippen molar-refractivity contribution in [2.75, 3.05) is 0 Å². The van der Waals surface area contributed by atoms with E-state index < -0.39 is 0 Å². The summed E-state index contributed by atoms with van der Waals surface area (Å²) < 4.78 is 9.30. The van der Waals surface area contributed by atoms with Crippen molar-refractivity contribution in [2.45, 2.75) is 0 Å². The Kier molecular flexibility index (Phi) is 8.36. The minimum Gasteiger partial charge on any atom is -0.456 e. The molecule has 0 bridgehead atoms. The Balaban J connectivity index is 0.930. The maximum absolute atomic E-state index is 6.66. The summed E-state index contributed by atoms with van der Waals surface area (Å²) in [7, 11) is 0. The van der Waals surface area contributed by atoms with Gasteiger partial charge >= 0.3 is 0 Å². The van der Waals surface area contributed by atoms with Gasteiger partial charge in [-0.15, -0.1) is 11.3 Å². The molecule has 5 heteroatoms. The fraction of sp³-hybridized carbons (Fsp3) is 0. The first-order valence-corrected chi connectivity index (χ1v) is 22.3. The van der Waals surface area contributed by atoms with Crippen LogP contribution < -0.4 is 0 Å². The fourth-order valence-electron chi connectivity index (χ4n) is 9.34. The normalized spacial score (nSPS) is 11.8. The minimum absolute atomic E-state index is 0.595. The number of nitrogens with zero attached hydrogens (tertiary/aromatic N) is 3. The number of benzene rings is 10. The lowest BCUT2D eigenvalue weighted by atomic mass is 9.95. The fourth-order valence-corrected chi connectivity index (χ4v) is 10.6. The van der Waals surface area contributed by atoms with Gasteiger partial charge in [0.2, 0.25) is 0 Å². The summed E-state index contributed by atoms with van der Waals surface area (Å²) in [6, 6.07) is 75.1. The van der Waals surface area contributed by atoms with Gasteiger partial charge in [0, 0.05) is 47.6 Å². The van der Waals surface area contributed by atoms with Crippen molar-refractivity contribution in [3.63, 3.8) is 0 Å². The summed E-state index contributed by atoms with van der Waals surface area (Å²) in [6.07, 6.45) is 0. The summed E-state index contributed by atoms with van der Waals surface area (Å²) in [5.74, 6) is 1.81. The first-order chi connectivity index (χ1) is 31.7. The molecule has 64 heavy (non-hydrogen) atoms. The Bertz CT molecular complexity index is 3940. The molecule has 0 saturated carbocycles. The van der Waals surface area contributed by atoms with Crippen LogP contribution in [0.25, 0.3) is 131 Å². The predicted molar refractivity (Wildman–Crippen MR) is 268 cm³/mol. The second kappa shape index (κ2) is 14.7. The zero-order valence-corrected chi connectivity index (χ0v) is 35.2. The van der Waals surface area contributed by atoms with Crippen LogP contribution in [0.3, 0.4) is 0 Å². The van der Waals surface area contributed by atoms with E-state index in [9.17, 15) is 0 Å². The molecule has 3 aromatic heterocycles. The lowest BCUT2D eigenvalue weighted by molar-refractivity contribution is 0.669. The van der Waals surface area contributed by atoms with Crippen molar-refractivity contribution in [1.29, 1.82) is 0 Å². The Hall–Kier alpha value is -8.25. The van der Waals surface area contributed by atoms with Gasteiger partial charge in [0.05, 0.1) is 0 Å². The predicted octanol–water partition coefficient (Wildman–Crippen LogP) is 16.4. The van der Waals surface area contributed by atoms with Crippen molar-refractivity contribution in [1.82, 2.24) is 15.0 Å². The molecule has 0 atom stereocenters. The number of hydrogen-bond donors (Lipinski definition) is 0. The van der Waals surface area contributed by atoms with Crippen LogP contribution in [0.2, 0.25) is 0 Å². The third-order valence-electron chi connectivity index (χ3n) is 12.5. The molecule has 0 aliphatic heterocycles. The van der Waals surface area contributed by atoms with Crippen LogP contribution in [0, 0.1) is 0 Å². The van der Waals surface area contributed by atoms with Gasteiger partial charge < -0.3 is 4.42 Å². The topological polar surface area (TPSA) is 51.8 Å². The van der Waals surface area contributed by atoms with E-state index in [2.05, 4.69) is 194 Å². The van der Waals surface area contributed by atoms with Gasteiger partial charge in [-0.05, 0) is 85.3 Å². The first-order valence-electron chi connectivity index (χ1n) is 21.5. The Morgan fingerprint density at radius 1 is 0.328 bits per heavy atom. The highest BCUT2D eigenvalue weighted by atomic mass is 32.1. The van der Waals surface area contributed by atoms with Gasteiger partial charge in [-0.2, -0.15) is 0 Å². The maximum atomic E-state index is 6.66. The van der Waals surface area contributed by atoms with Gasteiger partial charge in [-0.3, -0.25) is 0 Å². The molecule has 0 N–H and O–H groups in total. The van der Waals surface area contributed by atoms with E-state index in [4.69, 9.17) is 19.4 Å². The Labute approximate surface area is 372 Å². The summed E-state index contributed by atoms with van der Waals surface area (Å²) in [5.41, 5.74) is 11.4. The zero-order chi connectivity index (χ0) is 42.1. The van der Waals surface area contributed by atoms with Crippen LogP contribution >= 0.6 is 11.3 Å². The molecule has 4 nitrogen and oxygen atoms in total. The van der Waals surface area contributed by atoms with E-state index in [1.54, 1.807) is 0 Å². The number of fused-ring (bicyclic) bond motifs is 8. The van der Waals surface area contributed by atoms with E-state index in [1.807, 2.05) is 29.5 Å². The van der Waals surface area contributed by atoms with Gasteiger partial charge in [0.25, 0.3) is 0 Å². The SMILES string of the molecule is c1ccc(-c2nc(-c3ccc(-c4ccc(-c5cccc6c5sc5ccccc56)cc4)cc3)nc(-c3c4ccccc4cc4oc5ccc(-c6ccc7ccccc7c6)cc5c34)n2)cc1.